The first-order chi connectivity index (χ1) is 16.6. The van der Waals surface area contributed by atoms with E-state index in [0.717, 1.165) is 34.0 Å². The minimum Gasteiger partial charge on any atom is -0.331 e. The molecule has 0 atom stereocenters. The van der Waals surface area contributed by atoms with Crippen LogP contribution in [0.4, 0.5) is 0 Å². The summed E-state index contributed by atoms with van der Waals surface area (Å²) in [6.07, 6.45) is 1.81. The molecule has 4 aromatic carbocycles. The number of carbonyl (C=O) groups is 1. The molecule has 0 fully saturated rings. The van der Waals surface area contributed by atoms with Crippen molar-refractivity contribution >= 4 is 28.5 Å². The summed E-state index contributed by atoms with van der Waals surface area (Å²) in [5.41, 5.74) is 9.26. The molecule has 0 aromatic heterocycles. The van der Waals surface area contributed by atoms with Gasteiger partial charge >= 0.3 is 0 Å². The highest BCUT2D eigenvalue weighted by molar-refractivity contribution is 14.1. The first kappa shape index (κ1) is 22.9. The Morgan fingerprint density at radius 2 is 1.38 bits per heavy atom. The largest absolute Gasteiger partial charge is 0.331 e. The van der Waals surface area contributed by atoms with Crippen LogP contribution in [0.25, 0.3) is 11.1 Å². The molecule has 1 amide bonds. The van der Waals surface area contributed by atoms with Gasteiger partial charge in [-0.15, -0.1) is 0 Å². The molecule has 0 unspecified atom stereocenters. The molecule has 0 saturated carbocycles. The van der Waals surface area contributed by atoms with Crippen molar-refractivity contribution in [2.75, 3.05) is 0 Å². The van der Waals surface area contributed by atoms with Crippen LogP contribution in [0, 0.1) is 6.92 Å². The van der Waals surface area contributed by atoms with Crippen molar-refractivity contribution in [3.63, 3.8) is 0 Å². The average molecular weight is 557 g/mol. The molecule has 34 heavy (non-hydrogen) atoms. The van der Waals surface area contributed by atoms with Crippen molar-refractivity contribution in [1.82, 2.24) is 4.90 Å². The summed E-state index contributed by atoms with van der Waals surface area (Å²) in [5, 5.41) is 0. The Bertz CT molecular complexity index is 1270. The SMILES string of the molecule is Cc1ccc(CN(C(=O)c2ccccc2-c2ccc(CI)cc2)C2Cc3ccccc3C2)cc1. The van der Waals surface area contributed by atoms with Gasteiger partial charge in [0.2, 0.25) is 0 Å². The Kier molecular flexibility index (Phi) is 6.82. The van der Waals surface area contributed by atoms with E-state index in [1.54, 1.807) is 0 Å². The Morgan fingerprint density at radius 3 is 2.03 bits per heavy atom. The summed E-state index contributed by atoms with van der Waals surface area (Å²) in [6.45, 7) is 2.71. The van der Waals surface area contributed by atoms with Crippen LogP contribution in [0.3, 0.4) is 0 Å². The van der Waals surface area contributed by atoms with Gasteiger partial charge in [-0.3, -0.25) is 4.79 Å². The first-order valence-corrected chi connectivity index (χ1v) is 13.3. The van der Waals surface area contributed by atoms with Gasteiger partial charge in [0, 0.05) is 22.6 Å². The minimum atomic E-state index is 0.104. The molecule has 0 saturated heterocycles. The number of nitrogens with zero attached hydrogens (tertiary/aromatic N) is 1. The van der Waals surface area contributed by atoms with E-state index in [2.05, 4.69) is 113 Å². The van der Waals surface area contributed by atoms with Crippen molar-refractivity contribution in [1.29, 1.82) is 0 Å². The molecule has 0 bridgehead atoms. The van der Waals surface area contributed by atoms with E-state index in [4.69, 9.17) is 0 Å². The lowest BCUT2D eigenvalue weighted by atomic mass is 9.97. The van der Waals surface area contributed by atoms with E-state index >= 15 is 0 Å². The molecule has 3 heteroatoms. The van der Waals surface area contributed by atoms with Crippen molar-refractivity contribution in [3.8, 4) is 11.1 Å². The number of halogens is 1. The molecule has 0 N–H and O–H groups in total. The molecule has 4 aromatic rings. The summed E-state index contributed by atoms with van der Waals surface area (Å²) in [7, 11) is 0. The lowest BCUT2D eigenvalue weighted by molar-refractivity contribution is 0.0668. The number of aryl methyl sites for hydroxylation is 1. The van der Waals surface area contributed by atoms with Crippen molar-refractivity contribution in [2.45, 2.75) is 36.8 Å². The van der Waals surface area contributed by atoms with Gasteiger partial charge in [-0.2, -0.15) is 0 Å². The fourth-order valence-corrected chi connectivity index (χ4v) is 5.37. The van der Waals surface area contributed by atoms with Gasteiger partial charge < -0.3 is 4.90 Å². The summed E-state index contributed by atoms with van der Waals surface area (Å²) in [4.78, 5) is 16.3. The molecule has 0 heterocycles. The number of benzene rings is 4. The average Bonchev–Trinajstić information content (AvgIpc) is 3.32. The van der Waals surface area contributed by atoms with Gasteiger partial charge in [0.1, 0.15) is 0 Å². The zero-order chi connectivity index (χ0) is 23.5. The predicted molar refractivity (Wildman–Crippen MR) is 148 cm³/mol. The Hall–Kier alpha value is -2.92. The van der Waals surface area contributed by atoms with Gasteiger partial charge in [-0.1, -0.05) is 119 Å². The van der Waals surface area contributed by atoms with Crippen molar-refractivity contribution in [2.24, 2.45) is 0 Å². The van der Waals surface area contributed by atoms with E-state index in [1.165, 1.54) is 27.8 Å². The van der Waals surface area contributed by atoms with Gasteiger partial charge in [-0.25, -0.2) is 0 Å². The molecule has 0 radical (unpaired) electrons. The van der Waals surface area contributed by atoms with Gasteiger partial charge in [-0.05, 0) is 59.2 Å². The Labute approximate surface area is 215 Å². The van der Waals surface area contributed by atoms with Crippen LogP contribution in [0.2, 0.25) is 0 Å². The monoisotopic (exact) mass is 557 g/mol. The van der Waals surface area contributed by atoms with Crippen LogP contribution in [0.1, 0.15) is 38.2 Å². The van der Waals surface area contributed by atoms with Gasteiger partial charge in [0.25, 0.3) is 5.91 Å². The third-order valence-electron chi connectivity index (χ3n) is 6.78. The van der Waals surface area contributed by atoms with E-state index in [1.807, 2.05) is 18.2 Å². The van der Waals surface area contributed by atoms with Gasteiger partial charge in [0.15, 0.2) is 0 Å². The maximum absolute atomic E-state index is 14.2. The lowest BCUT2D eigenvalue weighted by Crippen LogP contribution is -2.40. The highest BCUT2D eigenvalue weighted by Crippen LogP contribution is 2.31. The topological polar surface area (TPSA) is 20.3 Å². The fraction of sp³-hybridized carbons (Fsp3) is 0.194. The number of alkyl halides is 1. The summed E-state index contributed by atoms with van der Waals surface area (Å²) in [6, 6.07) is 33.9. The number of fused-ring (bicyclic) bond motifs is 1. The summed E-state index contributed by atoms with van der Waals surface area (Å²) in [5.74, 6) is 0.104. The van der Waals surface area contributed by atoms with Crippen LogP contribution in [0.5, 0.6) is 0 Å². The van der Waals surface area contributed by atoms with Crippen LogP contribution in [-0.4, -0.2) is 16.8 Å². The normalized spacial score (nSPS) is 13.0. The number of carbonyl (C=O) groups excluding carboxylic acids is 1. The number of rotatable bonds is 6. The molecule has 0 aliphatic heterocycles. The van der Waals surface area contributed by atoms with Crippen LogP contribution >= 0.6 is 22.6 Å². The number of amides is 1. The molecule has 0 spiro atoms. The van der Waals surface area contributed by atoms with E-state index in [-0.39, 0.29) is 11.9 Å². The summed E-state index contributed by atoms with van der Waals surface area (Å²) < 4.78 is 0.977. The fourth-order valence-electron chi connectivity index (χ4n) is 4.86. The maximum atomic E-state index is 14.2. The van der Waals surface area contributed by atoms with Crippen molar-refractivity contribution in [3.05, 3.63) is 130 Å². The minimum absolute atomic E-state index is 0.104. The zero-order valence-electron chi connectivity index (χ0n) is 19.4. The Balaban J connectivity index is 1.51. The molecular weight excluding hydrogens is 529 g/mol. The molecule has 170 valence electrons. The second kappa shape index (κ2) is 10.1. The maximum Gasteiger partial charge on any atom is 0.255 e. The third-order valence-corrected chi connectivity index (χ3v) is 7.66. The lowest BCUT2D eigenvalue weighted by Gasteiger charge is -2.30. The van der Waals surface area contributed by atoms with Crippen LogP contribution < -0.4 is 0 Å². The summed E-state index contributed by atoms with van der Waals surface area (Å²) >= 11 is 2.38. The quantitative estimate of drug-likeness (QED) is 0.179. The first-order valence-electron chi connectivity index (χ1n) is 11.8. The number of hydrogen-bond donors (Lipinski definition) is 0. The highest BCUT2D eigenvalue weighted by atomic mass is 127. The molecule has 1 aliphatic carbocycles. The molecule has 1 aliphatic rings. The van der Waals surface area contributed by atoms with E-state index in [0.29, 0.717) is 6.54 Å². The van der Waals surface area contributed by atoms with Crippen LogP contribution in [0.15, 0.2) is 97.1 Å². The smallest absolute Gasteiger partial charge is 0.255 e. The molecule has 5 rings (SSSR count). The predicted octanol–water partition coefficient (Wildman–Crippen LogP) is 7.41. The van der Waals surface area contributed by atoms with E-state index < -0.39 is 0 Å². The van der Waals surface area contributed by atoms with E-state index in [9.17, 15) is 4.79 Å². The highest BCUT2D eigenvalue weighted by Gasteiger charge is 2.31. The van der Waals surface area contributed by atoms with Crippen LogP contribution in [-0.2, 0) is 23.8 Å². The van der Waals surface area contributed by atoms with Crippen molar-refractivity contribution < 1.29 is 4.79 Å². The number of hydrogen-bond acceptors (Lipinski definition) is 1. The van der Waals surface area contributed by atoms with Gasteiger partial charge in [0.05, 0.1) is 0 Å². The molecular formula is C31H28INO. The standard InChI is InChI=1S/C31H28INO/c1-22-10-12-24(13-11-22)21-33(28-18-26-6-2-3-7-27(26)19-28)31(34)30-9-5-4-8-29(30)25-16-14-23(20-32)15-17-25/h2-17,28H,18-21H2,1H3. The Morgan fingerprint density at radius 1 is 0.794 bits per heavy atom. The second-order valence-corrected chi connectivity index (χ2v) is 9.89. The molecule has 2 nitrogen and oxygen atoms in total. The third kappa shape index (κ3) is 4.80. The zero-order valence-corrected chi connectivity index (χ0v) is 21.5. The second-order valence-electron chi connectivity index (χ2n) is 9.13.